The van der Waals surface area contributed by atoms with Gasteiger partial charge in [-0.1, -0.05) is 0 Å². The molecule has 16 heavy (non-hydrogen) atoms. The smallest absolute Gasteiger partial charge is 0.248 e. The summed E-state index contributed by atoms with van der Waals surface area (Å²) in [5, 5.41) is 12.7. The molecule has 0 spiro atoms. The van der Waals surface area contributed by atoms with Gasteiger partial charge in [-0.15, -0.1) is 0 Å². The van der Waals surface area contributed by atoms with Crippen LogP contribution in [-0.4, -0.2) is 60.4 Å². The van der Waals surface area contributed by atoms with Crippen molar-refractivity contribution in [2.24, 2.45) is 0 Å². The molecule has 2 atom stereocenters. The first-order chi connectivity index (χ1) is 7.31. The highest BCUT2D eigenvalue weighted by molar-refractivity contribution is 5.77. The van der Waals surface area contributed by atoms with E-state index in [1.54, 1.807) is 11.9 Å². The van der Waals surface area contributed by atoms with E-state index in [1.165, 1.54) is 0 Å². The fourth-order valence-electron chi connectivity index (χ4n) is 1.61. The highest BCUT2D eigenvalue weighted by atomic mass is 16.5. The molecule has 0 saturated carbocycles. The lowest BCUT2D eigenvalue weighted by atomic mass is 10.2. The van der Waals surface area contributed by atoms with Gasteiger partial charge in [0, 0.05) is 20.1 Å². The lowest BCUT2D eigenvalue weighted by molar-refractivity contribution is -0.143. The minimum atomic E-state index is -0.483. The van der Waals surface area contributed by atoms with E-state index in [9.17, 15) is 9.90 Å². The molecular weight excluding hydrogens is 208 g/mol. The minimum absolute atomic E-state index is 0.0587. The fourth-order valence-corrected chi connectivity index (χ4v) is 1.61. The average Bonchev–Trinajstić information content (AvgIpc) is 2.58. The Bertz CT molecular complexity index is 250. The lowest BCUT2D eigenvalue weighted by Gasteiger charge is -2.28. The number of nitrogens with zero attached hydrogens (tertiary/aromatic N) is 1. The Morgan fingerprint density at radius 1 is 1.50 bits per heavy atom. The van der Waals surface area contributed by atoms with Crippen molar-refractivity contribution in [3.8, 4) is 0 Å². The molecule has 2 N–H and O–H groups in total. The van der Waals surface area contributed by atoms with Crippen molar-refractivity contribution in [1.29, 1.82) is 0 Å². The summed E-state index contributed by atoms with van der Waals surface area (Å²) in [5.74, 6) is -0.0947. The topological polar surface area (TPSA) is 61.8 Å². The third-order valence-electron chi connectivity index (χ3n) is 2.67. The second-order valence-corrected chi connectivity index (χ2v) is 5.20. The summed E-state index contributed by atoms with van der Waals surface area (Å²) < 4.78 is 5.41. The zero-order chi connectivity index (χ0) is 12.3. The number of carbonyl (C=O) groups is 1. The number of hydrogen-bond donors (Lipinski definition) is 2. The van der Waals surface area contributed by atoms with Gasteiger partial charge in [0.2, 0.25) is 5.91 Å². The first kappa shape index (κ1) is 13.4. The molecule has 0 aromatic heterocycles. The van der Waals surface area contributed by atoms with Gasteiger partial charge in [-0.25, -0.2) is 0 Å². The monoisotopic (exact) mass is 230 g/mol. The Morgan fingerprint density at radius 2 is 2.12 bits per heavy atom. The van der Waals surface area contributed by atoms with Crippen molar-refractivity contribution >= 4 is 5.91 Å². The van der Waals surface area contributed by atoms with Crippen LogP contribution in [0.4, 0.5) is 0 Å². The largest absolute Gasteiger partial charge is 0.390 e. The molecule has 1 rings (SSSR count). The average molecular weight is 230 g/mol. The van der Waals surface area contributed by atoms with Crippen LogP contribution >= 0.6 is 0 Å². The maximum atomic E-state index is 11.8. The van der Waals surface area contributed by atoms with Crippen LogP contribution in [0.25, 0.3) is 0 Å². The molecule has 1 amide bonds. The van der Waals surface area contributed by atoms with Gasteiger partial charge in [0.15, 0.2) is 0 Å². The van der Waals surface area contributed by atoms with Crippen LogP contribution in [0.3, 0.4) is 0 Å². The summed E-state index contributed by atoms with van der Waals surface area (Å²) >= 11 is 0. The Balaban J connectivity index is 2.41. The second-order valence-electron chi connectivity index (χ2n) is 5.20. The van der Waals surface area contributed by atoms with Crippen molar-refractivity contribution < 1.29 is 14.6 Å². The summed E-state index contributed by atoms with van der Waals surface area (Å²) in [5.41, 5.74) is -0.316. The summed E-state index contributed by atoms with van der Waals surface area (Å²) in [6, 6.07) is -0.143. The molecule has 1 fully saturated rings. The van der Waals surface area contributed by atoms with E-state index in [-0.39, 0.29) is 24.2 Å². The minimum Gasteiger partial charge on any atom is -0.390 e. The highest BCUT2D eigenvalue weighted by Crippen LogP contribution is 2.10. The molecule has 1 heterocycles. The number of ether oxygens (including phenoxy) is 1. The van der Waals surface area contributed by atoms with E-state index in [0.717, 1.165) is 0 Å². The molecular formula is C11H22N2O3. The van der Waals surface area contributed by atoms with Crippen molar-refractivity contribution in [2.45, 2.75) is 38.5 Å². The molecule has 0 aromatic rings. The summed E-state index contributed by atoms with van der Waals surface area (Å²) in [6.07, 6.45) is -0.483. The number of hydrogen-bond acceptors (Lipinski definition) is 4. The quantitative estimate of drug-likeness (QED) is 0.692. The zero-order valence-electron chi connectivity index (χ0n) is 10.5. The molecule has 1 saturated heterocycles. The van der Waals surface area contributed by atoms with Gasteiger partial charge in [0.25, 0.3) is 0 Å². The van der Waals surface area contributed by atoms with Crippen molar-refractivity contribution in [3.05, 3.63) is 0 Å². The van der Waals surface area contributed by atoms with E-state index in [1.807, 2.05) is 20.8 Å². The predicted molar refractivity (Wildman–Crippen MR) is 61.1 cm³/mol. The summed E-state index contributed by atoms with van der Waals surface area (Å²) in [4.78, 5) is 13.4. The molecule has 1 aliphatic heterocycles. The van der Waals surface area contributed by atoms with Gasteiger partial charge in [0.05, 0.1) is 17.7 Å². The number of carbonyl (C=O) groups excluding carboxylic acids is 1. The summed E-state index contributed by atoms with van der Waals surface area (Å²) in [6.45, 7) is 6.97. The molecule has 0 unspecified atom stereocenters. The van der Waals surface area contributed by atoms with Crippen molar-refractivity contribution in [3.63, 3.8) is 0 Å². The number of nitrogens with one attached hydrogen (secondary N) is 1. The van der Waals surface area contributed by atoms with Crippen LogP contribution in [0, 0.1) is 0 Å². The highest BCUT2D eigenvalue weighted by Gasteiger charge is 2.31. The van der Waals surface area contributed by atoms with Crippen molar-refractivity contribution in [1.82, 2.24) is 10.2 Å². The molecule has 0 aromatic carbocycles. The molecule has 5 heteroatoms. The van der Waals surface area contributed by atoms with Crippen LogP contribution < -0.4 is 5.32 Å². The van der Waals surface area contributed by atoms with E-state index in [4.69, 9.17) is 4.74 Å². The van der Waals surface area contributed by atoms with Gasteiger partial charge >= 0.3 is 0 Å². The van der Waals surface area contributed by atoms with Crippen LogP contribution in [0.15, 0.2) is 0 Å². The maximum Gasteiger partial charge on any atom is 0.248 e. The molecule has 0 bridgehead atoms. The predicted octanol–water partition coefficient (Wildman–Crippen LogP) is -0.407. The lowest BCUT2D eigenvalue weighted by Crippen LogP contribution is -2.46. The van der Waals surface area contributed by atoms with Crippen LogP contribution in [0.5, 0.6) is 0 Å². The SMILES string of the molecule is CN(C(=O)COC(C)(C)C)[C@H]1CNC[C@@H]1O. The third-order valence-corrected chi connectivity index (χ3v) is 2.67. The zero-order valence-corrected chi connectivity index (χ0v) is 10.5. The van der Waals surface area contributed by atoms with Gasteiger partial charge in [-0.3, -0.25) is 4.79 Å². The molecule has 1 aliphatic rings. The fraction of sp³-hybridized carbons (Fsp3) is 0.909. The number of β-amino-alcohol motifs (C(OH)–C–C–N with tert-alkyl or cyclic N) is 1. The van der Waals surface area contributed by atoms with Crippen LogP contribution in [0.2, 0.25) is 0 Å². The number of likely N-dealkylation sites (N-methyl/N-ethyl adjacent to an activating group) is 1. The normalized spacial score (nSPS) is 25.8. The summed E-state index contributed by atoms with van der Waals surface area (Å²) in [7, 11) is 1.70. The van der Waals surface area contributed by atoms with E-state index >= 15 is 0 Å². The molecule has 94 valence electrons. The number of amides is 1. The first-order valence-electron chi connectivity index (χ1n) is 5.59. The van der Waals surface area contributed by atoms with Gasteiger partial charge in [-0.2, -0.15) is 0 Å². The molecule has 0 radical (unpaired) electrons. The van der Waals surface area contributed by atoms with E-state index < -0.39 is 6.10 Å². The maximum absolute atomic E-state index is 11.8. The Labute approximate surface area is 96.8 Å². The Morgan fingerprint density at radius 3 is 2.56 bits per heavy atom. The Kier molecular flexibility index (Phi) is 4.29. The second kappa shape index (κ2) is 5.12. The molecule has 0 aliphatic carbocycles. The first-order valence-corrected chi connectivity index (χ1v) is 5.59. The molecule has 5 nitrogen and oxygen atoms in total. The van der Waals surface area contributed by atoms with E-state index in [0.29, 0.717) is 13.1 Å². The Hall–Kier alpha value is -0.650. The van der Waals surface area contributed by atoms with Crippen LogP contribution in [0.1, 0.15) is 20.8 Å². The number of aliphatic hydroxyl groups excluding tert-OH is 1. The van der Waals surface area contributed by atoms with Gasteiger partial charge in [0.1, 0.15) is 6.61 Å². The van der Waals surface area contributed by atoms with E-state index in [2.05, 4.69) is 5.32 Å². The standard InChI is InChI=1S/C11H22N2O3/c1-11(2,3)16-7-10(15)13(4)8-5-12-6-9(8)14/h8-9,12,14H,5-7H2,1-4H3/t8-,9-/m0/s1. The number of rotatable bonds is 3. The van der Waals surface area contributed by atoms with Gasteiger partial charge in [-0.05, 0) is 20.8 Å². The van der Waals surface area contributed by atoms with Gasteiger partial charge < -0.3 is 20.1 Å². The third kappa shape index (κ3) is 3.73. The van der Waals surface area contributed by atoms with Crippen molar-refractivity contribution in [2.75, 3.05) is 26.7 Å². The van der Waals surface area contributed by atoms with Crippen LogP contribution in [-0.2, 0) is 9.53 Å². The number of aliphatic hydroxyl groups is 1.